The van der Waals surface area contributed by atoms with Crippen LogP contribution in [-0.4, -0.2) is 18.2 Å². The molecule has 0 spiro atoms. The van der Waals surface area contributed by atoms with Gasteiger partial charge in [-0.05, 0) is 57.4 Å². The quantitative estimate of drug-likeness (QED) is 0.859. The maximum Gasteiger partial charge on any atom is 0.412 e. The van der Waals surface area contributed by atoms with Crippen LogP contribution in [0.3, 0.4) is 0 Å². The molecule has 0 saturated carbocycles. The third-order valence-electron chi connectivity index (χ3n) is 2.78. The fraction of sp³-hybridized carbons (Fsp3) is 0.533. The van der Waals surface area contributed by atoms with E-state index in [4.69, 9.17) is 10.5 Å². The van der Waals surface area contributed by atoms with Gasteiger partial charge in [0.15, 0.2) is 0 Å². The summed E-state index contributed by atoms with van der Waals surface area (Å²) in [6.45, 7) is 8.22. The second kappa shape index (κ2) is 7.09. The predicted octanol–water partition coefficient (Wildman–Crippen LogP) is 4.25. The summed E-state index contributed by atoms with van der Waals surface area (Å²) in [5.41, 5.74) is 6.91. The van der Waals surface area contributed by atoms with Crippen molar-refractivity contribution < 1.29 is 9.53 Å². The zero-order valence-corrected chi connectivity index (χ0v) is 14.1. The molecule has 0 aromatic heterocycles. The maximum absolute atomic E-state index is 11.9. The van der Waals surface area contributed by atoms with Crippen LogP contribution in [0.2, 0.25) is 0 Å². The van der Waals surface area contributed by atoms with Crippen LogP contribution in [-0.2, 0) is 4.74 Å². The Hall–Kier alpha value is -1.07. The summed E-state index contributed by atoms with van der Waals surface area (Å²) < 4.78 is 6.20. The van der Waals surface area contributed by atoms with E-state index in [1.807, 2.05) is 39.0 Å². The number of anilines is 1. The van der Waals surface area contributed by atoms with Gasteiger partial charge in [0, 0.05) is 10.2 Å². The van der Waals surface area contributed by atoms with Crippen molar-refractivity contribution in [1.82, 2.24) is 0 Å². The third-order valence-corrected chi connectivity index (χ3v) is 3.27. The van der Waals surface area contributed by atoms with Gasteiger partial charge >= 0.3 is 6.09 Å². The third kappa shape index (κ3) is 5.51. The number of hydrogen-bond acceptors (Lipinski definition) is 3. The van der Waals surface area contributed by atoms with Crippen LogP contribution in [0.25, 0.3) is 0 Å². The average molecular weight is 343 g/mol. The minimum absolute atomic E-state index is 0.276. The van der Waals surface area contributed by atoms with E-state index >= 15 is 0 Å². The smallest absolute Gasteiger partial charge is 0.412 e. The van der Waals surface area contributed by atoms with Crippen molar-refractivity contribution >= 4 is 27.7 Å². The Morgan fingerprint density at radius 3 is 2.65 bits per heavy atom. The highest BCUT2D eigenvalue weighted by Gasteiger charge is 2.18. The van der Waals surface area contributed by atoms with Crippen LogP contribution in [0.5, 0.6) is 0 Å². The molecule has 4 nitrogen and oxygen atoms in total. The first kappa shape index (κ1) is 17.0. The normalized spacial score (nSPS) is 12.9. The van der Waals surface area contributed by atoms with Gasteiger partial charge in [-0.25, -0.2) is 4.79 Å². The van der Waals surface area contributed by atoms with Crippen molar-refractivity contribution in [2.24, 2.45) is 5.73 Å². The predicted molar refractivity (Wildman–Crippen MR) is 86.1 cm³/mol. The molecule has 112 valence electrons. The minimum atomic E-state index is -0.515. The lowest BCUT2D eigenvalue weighted by atomic mass is 9.96. The second-order valence-electron chi connectivity index (χ2n) is 5.84. The van der Waals surface area contributed by atoms with Crippen molar-refractivity contribution in [2.45, 2.75) is 45.6 Å². The average Bonchev–Trinajstić information content (AvgIpc) is 2.26. The first-order chi connectivity index (χ1) is 9.23. The summed E-state index contributed by atoms with van der Waals surface area (Å²) in [5.74, 6) is 0.276. The molecule has 1 aromatic carbocycles. The van der Waals surface area contributed by atoms with Crippen molar-refractivity contribution in [1.29, 1.82) is 0 Å². The SMILES string of the molecule is CC(CCN)c1ccc(Br)cc1NC(=O)OC(C)(C)C. The molecule has 0 bridgehead atoms. The van der Waals surface area contributed by atoms with E-state index in [-0.39, 0.29) is 5.92 Å². The Labute approximate surface area is 129 Å². The summed E-state index contributed by atoms with van der Waals surface area (Å²) in [6.07, 6.45) is 0.418. The van der Waals surface area contributed by atoms with Crippen LogP contribution in [0, 0.1) is 0 Å². The molecular weight excluding hydrogens is 320 g/mol. The van der Waals surface area contributed by atoms with E-state index in [1.54, 1.807) is 0 Å². The maximum atomic E-state index is 11.9. The summed E-state index contributed by atoms with van der Waals surface area (Å²) in [6, 6.07) is 5.84. The number of benzene rings is 1. The minimum Gasteiger partial charge on any atom is -0.444 e. The van der Waals surface area contributed by atoms with Crippen molar-refractivity contribution in [3.8, 4) is 0 Å². The van der Waals surface area contributed by atoms with Gasteiger partial charge in [-0.15, -0.1) is 0 Å². The fourth-order valence-corrected chi connectivity index (χ4v) is 2.25. The molecule has 1 rings (SSSR count). The number of halogens is 1. The van der Waals surface area contributed by atoms with Crippen molar-refractivity contribution in [3.05, 3.63) is 28.2 Å². The Bertz CT molecular complexity index is 469. The molecule has 5 heteroatoms. The second-order valence-corrected chi connectivity index (χ2v) is 6.75. The fourth-order valence-electron chi connectivity index (χ4n) is 1.89. The topological polar surface area (TPSA) is 64.3 Å². The van der Waals surface area contributed by atoms with Gasteiger partial charge < -0.3 is 10.5 Å². The van der Waals surface area contributed by atoms with E-state index in [0.29, 0.717) is 6.54 Å². The molecule has 1 atom stereocenters. The summed E-state index contributed by atoms with van der Waals surface area (Å²) in [7, 11) is 0. The standard InChI is InChI=1S/C15H23BrN2O2/c1-10(7-8-17)12-6-5-11(16)9-13(12)18-14(19)20-15(2,3)4/h5-6,9-10H,7-8,17H2,1-4H3,(H,18,19). The molecule has 1 unspecified atom stereocenters. The Kier molecular flexibility index (Phi) is 6.02. The molecule has 20 heavy (non-hydrogen) atoms. The zero-order valence-electron chi connectivity index (χ0n) is 12.5. The van der Waals surface area contributed by atoms with E-state index in [1.165, 1.54) is 0 Å². The summed E-state index contributed by atoms with van der Waals surface area (Å²) in [4.78, 5) is 11.9. The van der Waals surface area contributed by atoms with Crippen molar-refractivity contribution in [2.75, 3.05) is 11.9 Å². The lowest BCUT2D eigenvalue weighted by Crippen LogP contribution is -2.27. The summed E-state index contributed by atoms with van der Waals surface area (Å²) in [5, 5.41) is 2.82. The molecule has 0 heterocycles. The number of hydrogen-bond donors (Lipinski definition) is 2. The molecule has 0 aliphatic carbocycles. The molecule has 0 aliphatic heterocycles. The molecular formula is C15H23BrN2O2. The molecule has 0 saturated heterocycles. The van der Waals surface area contributed by atoms with E-state index in [0.717, 1.165) is 22.1 Å². The highest BCUT2D eigenvalue weighted by Crippen LogP contribution is 2.30. The Morgan fingerprint density at radius 1 is 1.45 bits per heavy atom. The van der Waals surface area contributed by atoms with Gasteiger partial charge in [-0.2, -0.15) is 0 Å². The Morgan fingerprint density at radius 2 is 2.10 bits per heavy atom. The van der Waals surface area contributed by atoms with Crippen molar-refractivity contribution in [3.63, 3.8) is 0 Å². The van der Waals surface area contributed by atoms with Crippen LogP contribution in [0.1, 0.15) is 45.6 Å². The number of carbonyl (C=O) groups excluding carboxylic acids is 1. The molecule has 0 radical (unpaired) electrons. The van der Waals surface area contributed by atoms with Crippen LogP contribution < -0.4 is 11.1 Å². The molecule has 1 aromatic rings. The molecule has 1 amide bonds. The van der Waals surface area contributed by atoms with E-state index in [2.05, 4.69) is 28.2 Å². The molecule has 0 fully saturated rings. The molecule has 0 aliphatic rings. The largest absolute Gasteiger partial charge is 0.444 e. The van der Waals surface area contributed by atoms with Crippen LogP contribution in [0.4, 0.5) is 10.5 Å². The van der Waals surface area contributed by atoms with E-state index in [9.17, 15) is 4.79 Å². The first-order valence-electron chi connectivity index (χ1n) is 6.72. The number of nitrogens with two attached hydrogens (primary N) is 1. The monoisotopic (exact) mass is 342 g/mol. The number of amides is 1. The number of rotatable bonds is 4. The van der Waals surface area contributed by atoms with Gasteiger partial charge in [0.25, 0.3) is 0 Å². The van der Waals surface area contributed by atoms with Gasteiger partial charge in [-0.3, -0.25) is 5.32 Å². The number of nitrogens with one attached hydrogen (secondary N) is 1. The lowest BCUT2D eigenvalue weighted by Gasteiger charge is -2.22. The van der Waals surface area contributed by atoms with Gasteiger partial charge in [0.2, 0.25) is 0 Å². The van der Waals surface area contributed by atoms with Crippen LogP contribution >= 0.6 is 15.9 Å². The number of carbonyl (C=O) groups is 1. The van der Waals surface area contributed by atoms with Crippen LogP contribution in [0.15, 0.2) is 22.7 Å². The van der Waals surface area contributed by atoms with E-state index < -0.39 is 11.7 Å². The molecule has 3 N–H and O–H groups in total. The van der Waals surface area contributed by atoms with Gasteiger partial charge in [0.05, 0.1) is 0 Å². The number of ether oxygens (including phenoxy) is 1. The lowest BCUT2D eigenvalue weighted by molar-refractivity contribution is 0.0636. The Balaban J connectivity index is 2.92. The van der Waals surface area contributed by atoms with Gasteiger partial charge in [0.1, 0.15) is 5.60 Å². The van der Waals surface area contributed by atoms with Gasteiger partial charge in [-0.1, -0.05) is 28.9 Å². The summed E-state index contributed by atoms with van der Waals surface area (Å²) >= 11 is 3.42. The first-order valence-corrected chi connectivity index (χ1v) is 7.51. The highest BCUT2D eigenvalue weighted by atomic mass is 79.9. The zero-order chi connectivity index (χ0) is 15.3. The highest BCUT2D eigenvalue weighted by molar-refractivity contribution is 9.10.